The molecular weight excluding hydrogens is 344 g/mol. The lowest BCUT2D eigenvalue weighted by Gasteiger charge is -2.08. The minimum atomic E-state index is -0.339. The molecule has 2 nitrogen and oxygen atoms in total. The first-order valence-corrected chi connectivity index (χ1v) is 6.49. The topological polar surface area (TPSA) is 22.1 Å². The van der Waals surface area contributed by atoms with Crippen LogP contribution in [-0.4, -0.2) is 4.98 Å². The zero-order valence-electron chi connectivity index (χ0n) is 8.96. The van der Waals surface area contributed by atoms with Gasteiger partial charge in [0.15, 0.2) is 0 Å². The van der Waals surface area contributed by atoms with E-state index >= 15 is 0 Å². The van der Waals surface area contributed by atoms with Gasteiger partial charge in [-0.1, -0.05) is 23.2 Å². The molecule has 18 heavy (non-hydrogen) atoms. The normalized spacial score (nSPS) is 10.4. The number of hydrogen-bond acceptors (Lipinski definition) is 2. The van der Waals surface area contributed by atoms with Gasteiger partial charge < -0.3 is 4.74 Å². The Hall–Kier alpha value is -0.840. The molecule has 94 valence electrons. The second-order valence-electron chi connectivity index (χ2n) is 3.46. The molecule has 0 atom stereocenters. The maximum Gasteiger partial charge on any atom is 0.137 e. The summed E-state index contributed by atoms with van der Waals surface area (Å²) in [6.45, 7) is 0.237. The molecule has 0 fully saturated rings. The second-order valence-corrected chi connectivity index (χ2v) is 5.11. The van der Waals surface area contributed by atoms with Crippen LogP contribution in [0.25, 0.3) is 0 Å². The molecule has 6 heteroatoms. The first kappa shape index (κ1) is 13.6. The average molecular weight is 351 g/mol. The largest absolute Gasteiger partial charge is 0.489 e. The molecular formula is C12H7BrCl2FNO. The Morgan fingerprint density at radius 1 is 1.28 bits per heavy atom. The zero-order chi connectivity index (χ0) is 13.1. The summed E-state index contributed by atoms with van der Waals surface area (Å²) >= 11 is 14.8. The molecule has 0 radical (unpaired) electrons. The summed E-state index contributed by atoms with van der Waals surface area (Å²) in [6, 6.07) is 5.95. The molecule has 1 aromatic heterocycles. The van der Waals surface area contributed by atoms with E-state index in [9.17, 15) is 4.39 Å². The Labute approximate surface area is 122 Å². The van der Waals surface area contributed by atoms with E-state index in [4.69, 9.17) is 27.9 Å². The Kier molecular flexibility index (Phi) is 4.43. The fraction of sp³-hybridized carbons (Fsp3) is 0.0833. The first-order chi connectivity index (χ1) is 8.56. The minimum absolute atomic E-state index is 0.237. The van der Waals surface area contributed by atoms with Crippen LogP contribution in [0.1, 0.15) is 5.56 Å². The number of nitrogens with zero attached hydrogens (tertiary/aromatic N) is 1. The van der Waals surface area contributed by atoms with Crippen LogP contribution in [0, 0.1) is 5.82 Å². The summed E-state index contributed by atoms with van der Waals surface area (Å²) in [6.07, 6.45) is 1.54. The third kappa shape index (κ3) is 3.34. The summed E-state index contributed by atoms with van der Waals surface area (Å²) in [5, 5.41) is 0.810. The van der Waals surface area contributed by atoms with Crippen LogP contribution < -0.4 is 4.74 Å². The number of benzene rings is 1. The van der Waals surface area contributed by atoms with E-state index in [0.717, 1.165) is 0 Å². The molecule has 1 aromatic carbocycles. The van der Waals surface area contributed by atoms with Gasteiger partial charge in [0.2, 0.25) is 0 Å². The molecule has 0 bridgehead atoms. The van der Waals surface area contributed by atoms with Crippen molar-refractivity contribution in [2.75, 3.05) is 0 Å². The Balaban J connectivity index is 2.09. The van der Waals surface area contributed by atoms with Crippen LogP contribution in [0.4, 0.5) is 4.39 Å². The van der Waals surface area contributed by atoms with Gasteiger partial charge in [-0.2, -0.15) is 0 Å². The molecule has 0 saturated heterocycles. The van der Waals surface area contributed by atoms with Crippen molar-refractivity contribution in [2.24, 2.45) is 0 Å². The highest BCUT2D eigenvalue weighted by molar-refractivity contribution is 9.10. The van der Waals surface area contributed by atoms with E-state index in [0.29, 0.717) is 26.0 Å². The second kappa shape index (κ2) is 5.87. The molecule has 0 spiro atoms. The van der Waals surface area contributed by atoms with Crippen LogP contribution in [0.15, 0.2) is 34.9 Å². The summed E-state index contributed by atoms with van der Waals surface area (Å²) in [5.74, 6) is 0.197. The van der Waals surface area contributed by atoms with E-state index < -0.39 is 0 Å². The zero-order valence-corrected chi connectivity index (χ0v) is 12.1. The van der Waals surface area contributed by atoms with Crippen LogP contribution in [0.5, 0.6) is 5.75 Å². The molecule has 2 aromatic rings. The van der Waals surface area contributed by atoms with E-state index in [2.05, 4.69) is 20.9 Å². The molecule has 2 rings (SSSR count). The summed E-state index contributed by atoms with van der Waals surface area (Å²) in [7, 11) is 0. The summed E-state index contributed by atoms with van der Waals surface area (Å²) in [5.41, 5.74) is 0.710. The summed E-state index contributed by atoms with van der Waals surface area (Å²) in [4.78, 5) is 3.92. The lowest BCUT2D eigenvalue weighted by molar-refractivity contribution is 0.305. The van der Waals surface area contributed by atoms with Crippen molar-refractivity contribution < 1.29 is 9.13 Å². The Morgan fingerprint density at radius 3 is 2.72 bits per heavy atom. The third-order valence-corrected chi connectivity index (χ3v) is 3.35. The highest BCUT2D eigenvalue weighted by atomic mass is 79.9. The van der Waals surface area contributed by atoms with E-state index in [-0.39, 0.29) is 12.4 Å². The van der Waals surface area contributed by atoms with Crippen molar-refractivity contribution in [2.45, 2.75) is 6.61 Å². The van der Waals surface area contributed by atoms with E-state index in [1.54, 1.807) is 18.3 Å². The third-order valence-electron chi connectivity index (χ3n) is 2.18. The minimum Gasteiger partial charge on any atom is -0.489 e. The molecule has 0 N–H and O–H groups in total. The van der Waals surface area contributed by atoms with Crippen LogP contribution in [-0.2, 0) is 6.61 Å². The van der Waals surface area contributed by atoms with E-state index in [1.807, 2.05) is 0 Å². The number of aromatic nitrogens is 1. The number of pyridine rings is 1. The standard InChI is InChI=1S/C12H7BrCl2FNO/c13-9-3-8(1-2-11(9)16)18-6-7-5-17-12(15)4-10(7)14/h1-5H,6H2. The van der Waals surface area contributed by atoms with Gasteiger partial charge in [-0.25, -0.2) is 9.37 Å². The monoisotopic (exact) mass is 349 g/mol. The van der Waals surface area contributed by atoms with Gasteiger partial charge in [0.1, 0.15) is 23.3 Å². The maximum absolute atomic E-state index is 13.0. The molecule has 0 aliphatic rings. The van der Waals surface area contributed by atoms with Gasteiger partial charge in [0.05, 0.1) is 9.50 Å². The highest BCUT2D eigenvalue weighted by Crippen LogP contribution is 2.24. The van der Waals surface area contributed by atoms with Crippen molar-refractivity contribution in [3.8, 4) is 5.75 Å². The van der Waals surface area contributed by atoms with E-state index in [1.165, 1.54) is 12.1 Å². The van der Waals surface area contributed by atoms with Crippen LogP contribution in [0.3, 0.4) is 0 Å². The van der Waals surface area contributed by atoms with Gasteiger partial charge in [-0.3, -0.25) is 0 Å². The molecule has 0 aliphatic carbocycles. The first-order valence-electron chi connectivity index (χ1n) is 4.94. The van der Waals surface area contributed by atoms with Crippen molar-refractivity contribution in [1.82, 2.24) is 4.98 Å². The van der Waals surface area contributed by atoms with Gasteiger partial charge in [0, 0.05) is 11.8 Å². The number of halogens is 4. The molecule has 0 aliphatic heterocycles. The number of hydrogen-bond donors (Lipinski definition) is 0. The van der Waals surface area contributed by atoms with Gasteiger partial charge >= 0.3 is 0 Å². The van der Waals surface area contributed by atoms with Crippen molar-refractivity contribution in [1.29, 1.82) is 0 Å². The number of ether oxygens (including phenoxy) is 1. The molecule has 1 heterocycles. The summed E-state index contributed by atoms with van der Waals surface area (Å²) < 4.78 is 18.9. The Bertz CT molecular complexity index is 580. The Morgan fingerprint density at radius 2 is 2.06 bits per heavy atom. The van der Waals surface area contributed by atoms with Crippen LogP contribution in [0.2, 0.25) is 10.2 Å². The lowest BCUT2D eigenvalue weighted by atomic mass is 10.3. The van der Waals surface area contributed by atoms with Gasteiger partial charge in [0.25, 0.3) is 0 Å². The van der Waals surface area contributed by atoms with Crippen molar-refractivity contribution >= 4 is 39.1 Å². The van der Waals surface area contributed by atoms with Gasteiger partial charge in [-0.15, -0.1) is 0 Å². The molecule has 0 amide bonds. The van der Waals surface area contributed by atoms with Crippen molar-refractivity contribution in [3.63, 3.8) is 0 Å². The lowest BCUT2D eigenvalue weighted by Crippen LogP contribution is -1.97. The average Bonchev–Trinajstić information content (AvgIpc) is 2.32. The van der Waals surface area contributed by atoms with Crippen molar-refractivity contribution in [3.05, 3.63) is 56.5 Å². The maximum atomic E-state index is 13.0. The van der Waals surface area contributed by atoms with Crippen LogP contribution >= 0.6 is 39.1 Å². The quantitative estimate of drug-likeness (QED) is 0.737. The predicted molar refractivity (Wildman–Crippen MR) is 72.7 cm³/mol. The molecule has 0 unspecified atom stereocenters. The fourth-order valence-electron chi connectivity index (χ4n) is 1.27. The fourth-order valence-corrected chi connectivity index (χ4v) is 2.05. The smallest absolute Gasteiger partial charge is 0.137 e. The molecule has 0 saturated carbocycles. The SMILES string of the molecule is Fc1ccc(OCc2cnc(Cl)cc2Cl)cc1Br. The van der Waals surface area contributed by atoms with Gasteiger partial charge in [-0.05, 0) is 40.2 Å². The predicted octanol–water partition coefficient (Wildman–Crippen LogP) is 4.87. The number of rotatable bonds is 3. The highest BCUT2D eigenvalue weighted by Gasteiger charge is 2.05.